The molecule has 5 aliphatic rings. The second-order valence-electron chi connectivity index (χ2n) is 14.8. The molecule has 2 aromatic heterocycles. The normalized spacial score (nSPS) is 21.9. The Kier molecular flexibility index (Phi) is 10.4. The molecular weight excluding hydrogens is 764 g/mol. The molecule has 7 heterocycles. The van der Waals surface area contributed by atoms with Crippen molar-refractivity contribution in [1.29, 1.82) is 0 Å². The summed E-state index contributed by atoms with van der Waals surface area (Å²) >= 11 is 0. The van der Waals surface area contributed by atoms with Gasteiger partial charge in [-0.3, -0.25) is 9.59 Å². The van der Waals surface area contributed by atoms with Crippen LogP contribution in [0.25, 0.3) is 44.2 Å². The quantitative estimate of drug-likeness (QED) is 0.101. The minimum atomic E-state index is -0.171. The Morgan fingerprint density at radius 3 is 1.36 bits per heavy atom. The molecule has 0 aliphatic carbocycles. The van der Waals surface area contributed by atoms with Gasteiger partial charge in [0, 0.05) is 18.2 Å². The van der Waals surface area contributed by atoms with E-state index in [1.165, 1.54) is 12.5 Å². The van der Waals surface area contributed by atoms with Crippen LogP contribution in [0.5, 0.6) is 28.7 Å². The van der Waals surface area contributed by atoms with Gasteiger partial charge >= 0.3 is 0 Å². The molecule has 0 amide bonds. The molecule has 6 aromatic rings. The van der Waals surface area contributed by atoms with Gasteiger partial charge in [0.25, 0.3) is 0 Å². The highest BCUT2D eigenvalue weighted by Gasteiger charge is 2.27. The summed E-state index contributed by atoms with van der Waals surface area (Å²) in [5.41, 5.74) is 3.14. The Morgan fingerprint density at radius 1 is 0.441 bits per heavy atom. The van der Waals surface area contributed by atoms with Gasteiger partial charge in [-0.1, -0.05) is 24.3 Å². The lowest BCUT2D eigenvalue weighted by Gasteiger charge is -2.12. The highest BCUT2D eigenvalue weighted by atomic mass is 16.6. The smallest absolute Gasteiger partial charge is 0.204 e. The Hall–Kier alpha value is -5.90. The number of hydrogen-bond acceptors (Lipinski definition) is 14. The van der Waals surface area contributed by atoms with Crippen molar-refractivity contribution in [3.8, 4) is 51.0 Å². The van der Waals surface area contributed by atoms with Crippen LogP contribution < -0.4 is 34.5 Å². The summed E-state index contributed by atoms with van der Waals surface area (Å²) in [5, 5.41) is 0.901. The fraction of sp³-hybridized carbons (Fsp3) is 0.333. The third-order valence-corrected chi connectivity index (χ3v) is 10.1. The van der Waals surface area contributed by atoms with E-state index in [2.05, 4.69) is 0 Å². The third-order valence-electron chi connectivity index (χ3n) is 10.1. The van der Waals surface area contributed by atoms with Crippen LogP contribution in [0.15, 0.2) is 110 Å². The molecule has 11 rings (SSSR count). The lowest BCUT2D eigenvalue weighted by atomic mass is 10.0. The first kappa shape index (κ1) is 37.4. The monoisotopic (exact) mass is 804 g/mol. The van der Waals surface area contributed by atoms with Crippen molar-refractivity contribution in [2.75, 3.05) is 66.1 Å². The molecule has 5 fully saturated rings. The average Bonchev–Trinajstić information content (AvgIpc) is 4.05. The highest BCUT2D eigenvalue weighted by molar-refractivity contribution is 5.88. The zero-order chi connectivity index (χ0) is 39.7. The maximum absolute atomic E-state index is 13.4. The van der Waals surface area contributed by atoms with Crippen molar-refractivity contribution < 1.29 is 56.2 Å². The fourth-order valence-electron chi connectivity index (χ4n) is 6.21. The number of epoxide rings is 5. The lowest BCUT2D eigenvalue weighted by molar-refractivity contribution is 0.253. The average molecular weight is 805 g/mol. The van der Waals surface area contributed by atoms with Crippen LogP contribution in [-0.2, 0) is 23.7 Å². The largest absolute Gasteiger partial charge is 0.491 e. The summed E-state index contributed by atoms with van der Waals surface area (Å²) in [7, 11) is 0. The van der Waals surface area contributed by atoms with Crippen molar-refractivity contribution >= 4 is 21.9 Å². The summed E-state index contributed by atoms with van der Waals surface area (Å²) in [6.07, 6.45) is 3.72. The molecule has 5 saturated heterocycles. The topological polar surface area (TPSA) is 169 Å². The summed E-state index contributed by atoms with van der Waals surface area (Å²) in [6.45, 7) is 6.01. The van der Waals surface area contributed by atoms with Crippen LogP contribution in [0.3, 0.4) is 0 Å². The van der Waals surface area contributed by atoms with E-state index in [0.717, 1.165) is 42.4 Å². The summed E-state index contributed by atoms with van der Waals surface area (Å²) in [4.78, 5) is 26.3. The number of fused-ring (bicyclic) bond motifs is 2. The number of hydrogen-bond donors (Lipinski definition) is 0. The first-order valence-electron chi connectivity index (χ1n) is 19.6. The molecular formula is C45H40O14. The molecule has 14 nitrogen and oxygen atoms in total. The molecule has 5 aliphatic heterocycles. The van der Waals surface area contributed by atoms with E-state index in [4.69, 9.17) is 56.2 Å². The van der Waals surface area contributed by atoms with E-state index < -0.39 is 0 Å². The molecule has 0 spiro atoms. The molecule has 0 radical (unpaired) electrons. The molecule has 304 valence electrons. The summed E-state index contributed by atoms with van der Waals surface area (Å²) in [6, 6.07) is 23.4. The fourth-order valence-corrected chi connectivity index (χ4v) is 6.21. The van der Waals surface area contributed by atoms with Gasteiger partial charge < -0.3 is 56.2 Å². The Bertz CT molecular complexity index is 2540. The minimum absolute atomic E-state index is 0.0540. The first-order chi connectivity index (χ1) is 29.0. The zero-order valence-electron chi connectivity index (χ0n) is 31.8. The SMILES string of the molecule is O=c1c(-c2ccc(OCC3CO3)cc2)coc2cc(OCC3CO3)cc(OCC3CO3)c12.O=c1c(-c2ccc(OCC3CO3)cc2)coc2cc(OCC3CO3)ccc12. The second kappa shape index (κ2) is 16.4. The molecule has 14 heteroatoms. The van der Waals surface area contributed by atoms with E-state index >= 15 is 0 Å². The standard InChI is InChI=1S/C24H22O8.C21H18O6/c25-24-20(14-1-3-15(4-2-14)26-7-17-9-28-17)13-32-22-6-16(27-8-18-10-29-18)5-21(23(22)24)31-12-19-11-30-19;22-21-18-6-5-15(24-9-17-11-26-17)7-20(18)27-12-19(21)13-1-3-14(4-2-13)23-8-16-10-25-16/h1-6,13,17-19H,7-12H2;1-7,12,16-17H,8-11H2. The third kappa shape index (κ3) is 9.54. The predicted octanol–water partition coefficient (Wildman–Crippen LogP) is 5.81. The molecule has 5 unspecified atom stereocenters. The summed E-state index contributed by atoms with van der Waals surface area (Å²) in [5.74, 6) is 3.13. The summed E-state index contributed by atoms with van der Waals surface area (Å²) < 4.78 is 66.1. The van der Waals surface area contributed by atoms with Gasteiger partial charge in [-0.05, 0) is 47.5 Å². The van der Waals surface area contributed by atoms with Gasteiger partial charge in [-0.25, -0.2) is 0 Å². The molecule has 4 aromatic carbocycles. The second-order valence-corrected chi connectivity index (χ2v) is 14.8. The predicted molar refractivity (Wildman–Crippen MR) is 212 cm³/mol. The minimum Gasteiger partial charge on any atom is -0.491 e. The van der Waals surface area contributed by atoms with Gasteiger partial charge in [-0.2, -0.15) is 0 Å². The van der Waals surface area contributed by atoms with Crippen molar-refractivity contribution in [3.63, 3.8) is 0 Å². The number of rotatable bonds is 17. The van der Waals surface area contributed by atoms with Crippen LogP contribution in [-0.4, -0.2) is 96.6 Å². The van der Waals surface area contributed by atoms with Crippen LogP contribution >= 0.6 is 0 Å². The Balaban J connectivity index is 0.000000145. The van der Waals surface area contributed by atoms with Crippen LogP contribution in [0.1, 0.15) is 0 Å². The molecule has 59 heavy (non-hydrogen) atoms. The molecule has 0 N–H and O–H groups in total. The van der Waals surface area contributed by atoms with E-state index in [9.17, 15) is 9.59 Å². The Labute approximate surface area is 336 Å². The number of ether oxygens (including phenoxy) is 10. The van der Waals surface area contributed by atoms with Gasteiger partial charge in [0.05, 0.1) is 49.5 Å². The zero-order valence-corrected chi connectivity index (χ0v) is 31.8. The van der Waals surface area contributed by atoms with Crippen LogP contribution in [0.4, 0.5) is 0 Å². The highest BCUT2D eigenvalue weighted by Crippen LogP contribution is 2.33. The molecule has 0 bridgehead atoms. The lowest BCUT2D eigenvalue weighted by Crippen LogP contribution is -2.11. The van der Waals surface area contributed by atoms with Crippen LogP contribution in [0, 0.1) is 0 Å². The van der Waals surface area contributed by atoms with E-state index in [-0.39, 0.29) is 41.4 Å². The van der Waals surface area contributed by atoms with Crippen molar-refractivity contribution in [2.45, 2.75) is 30.5 Å². The maximum Gasteiger partial charge on any atom is 0.204 e. The van der Waals surface area contributed by atoms with E-state index in [1.807, 2.05) is 48.5 Å². The van der Waals surface area contributed by atoms with E-state index in [1.54, 1.807) is 30.3 Å². The Morgan fingerprint density at radius 2 is 0.847 bits per heavy atom. The van der Waals surface area contributed by atoms with E-state index in [0.29, 0.717) is 96.6 Å². The maximum atomic E-state index is 13.4. The molecule has 5 atom stereocenters. The van der Waals surface area contributed by atoms with Crippen molar-refractivity contribution in [2.24, 2.45) is 0 Å². The van der Waals surface area contributed by atoms with Gasteiger partial charge in [-0.15, -0.1) is 0 Å². The van der Waals surface area contributed by atoms with Gasteiger partial charge in [0.15, 0.2) is 5.43 Å². The van der Waals surface area contributed by atoms with Gasteiger partial charge in [0.2, 0.25) is 5.43 Å². The van der Waals surface area contributed by atoms with Crippen molar-refractivity contribution in [1.82, 2.24) is 0 Å². The van der Waals surface area contributed by atoms with Gasteiger partial charge in [0.1, 0.15) is 121 Å². The van der Waals surface area contributed by atoms with Crippen LogP contribution in [0.2, 0.25) is 0 Å². The van der Waals surface area contributed by atoms with Crippen molar-refractivity contribution in [3.05, 3.63) is 112 Å². The first-order valence-corrected chi connectivity index (χ1v) is 19.6. The molecule has 0 saturated carbocycles. The number of benzene rings is 4.